The van der Waals surface area contributed by atoms with Crippen LogP contribution in [-0.4, -0.2) is 17.6 Å². The van der Waals surface area contributed by atoms with Gasteiger partial charge in [0.15, 0.2) is 0 Å². The molecule has 0 spiro atoms. The third-order valence-corrected chi connectivity index (χ3v) is 3.92. The second kappa shape index (κ2) is 7.51. The molecule has 1 amide bonds. The zero-order chi connectivity index (χ0) is 16.8. The van der Waals surface area contributed by atoms with Crippen molar-refractivity contribution < 1.29 is 9.53 Å². The van der Waals surface area contributed by atoms with Crippen molar-refractivity contribution in [2.24, 2.45) is 0 Å². The van der Waals surface area contributed by atoms with E-state index in [1.54, 1.807) is 7.11 Å². The minimum Gasteiger partial charge on any atom is -0.497 e. The molecular formula is C20H20N2O2. The summed E-state index contributed by atoms with van der Waals surface area (Å²) < 4.78 is 7.19. The van der Waals surface area contributed by atoms with Crippen molar-refractivity contribution in [3.63, 3.8) is 0 Å². The summed E-state index contributed by atoms with van der Waals surface area (Å²) in [6.45, 7) is 0. The molecule has 0 bridgehead atoms. The topological polar surface area (TPSA) is 43.3 Å². The highest BCUT2D eigenvalue weighted by Crippen LogP contribution is 2.23. The molecular weight excluding hydrogens is 300 g/mol. The predicted octanol–water partition coefficient (Wildman–Crippen LogP) is 4.11. The second-order valence-corrected chi connectivity index (χ2v) is 5.54. The Hall–Kier alpha value is -3.01. The molecule has 0 fully saturated rings. The molecule has 4 nitrogen and oxygen atoms in total. The third kappa shape index (κ3) is 3.84. The summed E-state index contributed by atoms with van der Waals surface area (Å²) in [5.41, 5.74) is 1.87. The van der Waals surface area contributed by atoms with Gasteiger partial charge >= 0.3 is 0 Å². The highest BCUT2D eigenvalue weighted by atomic mass is 16.5. The summed E-state index contributed by atoms with van der Waals surface area (Å²) in [4.78, 5) is 12.5. The van der Waals surface area contributed by atoms with Gasteiger partial charge in [-0.2, -0.15) is 0 Å². The number of carbonyl (C=O) groups excluding carboxylic acids is 1. The van der Waals surface area contributed by atoms with Gasteiger partial charge in [0.25, 0.3) is 0 Å². The number of anilines is 1. The lowest BCUT2D eigenvalue weighted by Gasteiger charge is -2.19. The largest absolute Gasteiger partial charge is 0.497 e. The maximum absolute atomic E-state index is 12.5. The van der Waals surface area contributed by atoms with E-state index < -0.39 is 0 Å². The summed E-state index contributed by atoms with van der Waals surface area (Å²) in [5, 5.41) is 2.95. The van der Waals surface area contributed by atoms with E-state index in [4.69, 9.17) is 4.74 Å². The van der Waals surface area contributed by atoms with Gasteiger partial charge in [-0.15, -0.1) is 0 Å². The molecule has 0 aliphatic carbocycles. The molecule has 1 atom stereocenters. The van der Waals surface area contributed by atoms with Crippen molar-refractivity contribution in [2.75, 3.05) is 12.4 Å². The Morgan fingerprint density at radius 1 is 1.00 bits per heavy atom. The molecule has 0 aliphatic heterocycles. The van der Waals surface area contributed by atoms with Crippen LogP contribution in [0.25, 0.3) is 0 Å². The fourth-order valence-corrected chi connectivity index (χ4v) is 2.69. The van der Waals surface area contributed by atoms with Crippen LogP contribution in [0.15, 0.2) is 79.1 Å². The van der Waals surface area contributed by atoms with E-state index in [1.807, 2.05) is 79.1 Å². The number of amides is 1. The average molecular weight is 320 g/mol. The quantitative estimate of drug-likeness (QED) is 0.742. The molecule has 1 N–H and O–H groups in total. The molecule has 122 valence electrons. The van der Waals surface area contributed by atoms with Gasteiger partial charge in [-0.25, -0.2) is 0 Å². The Balaban J connectivity index is 1.73. The van der Waals surface area contributed by atoms with E-state index >= 15 is 0 Å². The molecule has 1 heterocycles. The van der Waals surface area contributed by atoms with E-state index in [9.17, 15) is 4.79 Å². The monoisotopic (exact) mass is 320 g/mol. The van der Waals surface area contributed by atoms with Crippen LogP contribution in [-0.2, 0) is 4.79 Å². The minimum absolute atomic E-state index is 0.0253. The molecule has 24 heavy (non-hydrogen) atoms. The summed E-state index contributed by atoms with van der Waals surface area (Å²) in [6, 6.07) is 21.3. The first-order chi connectivity index (χ1) is 11.8. The number of benzene rings is 2. The lowest BCUT2D eigenvalue weighted by Crippen LogP contribution is -2.19. The van der Waals surface area contributed by atoms with Gasteiger partial charge in [0.1, 0.15) is 5.75 Å². The van der Waals surface area contributed by atoms with Crippen molar-refractivity contribution in [1.82, 2.24) is 4.57 Å². The summed E-state index contributed by atoms with van der Waals surface area (Å²) in [7, 11) is 1.62. The Labute approximate surface area is 141 Å². The zero-order valence-electron chi connectivity index (χ0n) is 13.6. The Morgan fingerprint density at radius 3 is 2.29 bits per heavy atom. The van der Waals surface area contributed by atoms with E-state index in [1.165, 1.54) is 0 Å². The van der Waals surface area contributed by atoms with Crippen LogP contribution in [0.3, 0.4) is 0 Å². The standard InChI is InChI=1S/C20H20N2O2/c1-24-18-11-9-17(10-12-18)21-20(23)15-19(22-13-5-6-14-22)16-7-3-2-4-8-16/h2-14,19H,15H2,1H3,(H,21,23)/t19-/m0/s1. The van der Waals surface area contributed by atoms with Gasteiger partial charge in [-0.1, -0.05) is 30.3 Å². The fourth-order valence-electron chi connectivity index (χ4n) is 2.69. The van der Waals surface area contributed by atoms with Gasteiger partial charge in [0, 0.05) is 18.1 Å². The third-order valence-electron chi connectivity index (χ3n) is 3.92. The second-order valence-electron chi connectivity index (χ2n) is 5.54. The van der Waals surface area contributed by atoms with Crippen LogP contribution in [0.2, 0.25) is 0 Å². The number of methoxy groups -OCH3 is 1. The molecule has 0 saturated heterocycles. The predicted molar refractivity (Wildman–Crippen MR) is 95.3 cm³/mol. The van der Waals surface area contributed by atoms with Gasteiger partial charge < -0.3 is 14.6 Å². The molecule has 0 saturated carbocycles. The number of hydrogen-bond acceptors (Lipinski definition) is 2. The van der Waals surface area contributed by atoms with E-state index in [0.717, 1.165) is 17.0 Å². The first-order valence-corrected chi connectivity index (χ1v) is 7.87. The van der Waals surface area contributed by atoms with Gasteiger partial charge in [-0.05, 0) is 42.0 Å². The number of hydrogen-bond donors (Lipinski definition) is 1. The van der Waals surface area contributed by atoms with Crippen LogP contribution in [0, 0.1) is 0 Å². The molecule has 3 rings (SSSR count). The summed E-state index contributed by atoms with van der Waals surface area (Å²) >= 11 is 0. The van der Waals surface area contributed by atoms with Crippen molar-refractivity contribution >= 4 is 11.6 Å². The van der Waals surface area contributed by atoms with E-state index in [2.05, 4.69) is 9.88 Å². The zero-order valence-corrected chi connectivity index (χ0v) is 13.6. The van der Waals surface area contributed by atoms with Crippen LogP contribution in [0.1, 0.15) is 18.0 Å². The minimum atomic E-state index is -0.0283. The smallest absolute Gasteiger partial charge is 0.226 e. The molecule has 4 heteroatoms. The lowest BCUT2D eigenvalue weighted by molar-refractivity contribution is -0.116. The van der Waals surface area contributed by atoms with Gasteiger partial charge in [-0.3, -0.25) is 4.79 Å². The number of carbonyl (C=O) groups is 1. The van der Waals surface area contributed by atoms with Crippen LogP contribution >= 0.6 is 0 Å². The van der Waals surface area contributed by atoms with Crippen LogP contribution < -0.4 is 10.1 Å². The molecule has 1 aromatic heterocycles. The van der Waals surface area contributed by atoms with Crippen molar-refractivity contribution in [3.8, 4) is 5.75 Å². The highest BCUT2D eigenvalue weighted by Gasteiger charge is 2.17. The number of nitrogens with zero attached hydrogens (tertiary/aromatic N) is 1. The molecule has 0 aliphatic rings. The average Bonchev–Trinajstić information content (AvgIpc) is 3.15. The molecule has 0 radical (unpaired) electrons. The van der Waals surface area contributed by atoms with Crippen molar-refractivity contribution in [3.05, 3.63) is 84.7 Å². The van der Waals surface area contributed by atoms with Crippen molar-refractivity contribution in [1.29, 1.82) is 0 Å². The van der Waals surface area contributed by atoms with E-state index in [-0.39, 0.29) is 11.9 Å². The lowest BCUT2D eigenvalue weighted by atomic mass is 10.0. The van der Waals surface area contributed by atoms with Gasteiger partial charge in [0.2, 0.25) is 5.91 Å². The molecule has 3 aromatic rings. The number of ether oxygens (including phenoxy) is 1. The molecule has 0 unspecified atom stereocenters. The Morgan fingerprint density at radius 2 is 1.67 bits per heavy atom. The normalized spacial score (nSPS) is 11.7. The van der Waals surface area contributed by atoms with Gasteiger partial charge in [0.05, 0.1) is 19.6 Å². The number of aromatic nitrogens is 1. The van der Waals surface area contributed by atoms with Crippen molar-refractivity contribution in [2.45, 2.75) is 12.5 Å². The first kappa shape index (κ1) is 15.9. The van der Waals surface area contributed by atoms with E-state index in [0.29, 0.717) is 6.42 Å². The Bertz CT molecular complexity index is 765. The number of nitrogens with one attached hydrogen (secondary N) is 1. The Kier molecular flexibility index (Phi) is 4.96. The maximum Gasteiger partial charge on any atom is 0.226 e. The fraction of sp³-hybridized carbons (Fsp3) is 0.150. The summed E-state index contributed by atoms with van der Waals surface area (Å²) in [5.74, 6) is 0.741. The SMILES string of the molecule is COc1ccc(NC(=O)C[C@@H](c2ccccc2)n2cccc2)cc1. The van der Waals surface area contributed by atoms with Crippen LogP contribution in [0.5, 0.6) is 5.75 Å². The van der Waals surface area contributed by atoms with Crippen LogP contribution in [0.4, 0.5) is 5.69 Å². The summed E-state index contributed by atoms with van der Waals surface area (Å²) in [6.07, 6.45) is 4.33. The first-order valence-electron chi connectivity index (χ1n) is 7.87. The molecule has 2 aromatic carbocycles. The number of rotatable bonds is 6. The highest BCUT2D eigenvalue weighted by molar-refractivity contribution is 5.91. The maximum atomic E-state index is 12.5.